The summed E-state index contributed by atoms with van der Waals surface area (Å²) < 4.78 is 74.7. The lowest BCUT2D eigenvalue weighted by molar-refractivity contribution is -0.193. The first-order valence-corrected chi connectivity index (χ1v) is 11.2. The third kappa shape index (κ3) is 10.5. The van der Waals surface area contributed by atoms with Crippen LogP contribution in [-0.2, 0) is 25.7 Å². The SMILES string of the molecule is Cc1cc(CN2CC[C@H]3C[C@H](C(=O)Nc4cccnc4)O[C@H]3C2)no1.O=C(O)C(F)(F)F.O=C(O)C(F)(F)F. The molecule has 4 heterocycles. The number of nitrogens with zero attached hydrogens (tertiary/aromatic N) is 3. The second kappa shape index (κ2) is 13.4. The number of carbonyl (C=O) groups is 3. The fraction of sp³-hybridized carbons (Fsp3) is 0.500. The lowest BCUT2D eigenvalue weighted by Crippen LogP contribution is -2.42. The number of pyridine rings is 1. The third-order valence-corrected chi connectivity index (χ3v) is 5.40. The van der Waals surface area contributed by atoms with E-state index in [1.807, 2.05) is 19.1 Å². The molecule has 1 amide bonds. The van der Waals surface area contributed by atoms with E-state index < -0.39 is 24.3 Å². The number of ether oxygens (including phenoxy) is 1. The molecule has 2 saturated heterocycles. The molecule has 3 atom stereocenters. The number of hydrogen-bond acceptors (Lipinski definition) is 8. The highest BCUT2D eigenvalue weighted by atomic mass is 19.4. The Kier molecular flexibility index (Phi) is 10.8. The van der Waals surface area contributed by atoms with Crippen molar-refractivity contribution in [2.45, 2.75) is 50.9 Å². The number of halogens is 6. The van der Waals surface area contributed by atoms with Crippen molar-refractivity contribution in [2.75, 3.05) is 18.4 Å². The van der Waals surface area contributed by atoms with Gasteiger partial charge in [-0.2, -0.15) is 26.3 Å². The summed E-state index contributed by atoms with van der Waals surface area (Å²) in [6.07, 6.45) is -5.30. The van der Waals surface area contributed by atoms with E-state index in [9.17, 15) is 31.1 Å². The molecule has 11 nitrogen and oxygen atoms in total. The number of piperidine rings is 1. The van der Waals surface area contributed by atoms with Crippen LogP contribution in [0.3, 0.4) is 0 Å². The van der Waals surface area contributed by atoms with Crippen molar-refractivity contribution in [1.29, 1.82) is 0 Å². The first kappa shape index (κ1) is 31.5. The van der Waals surface area contributed by atoms with Gasteiger partial charge in [0.05, 0.1) is 23.7 Å². The van der Waals surface area contributed by atoms with E-state index in [0.29, 0.717) is 11.6 Å². The van der Waals surface area contributed by atoms with Gasteiger partial charge in [-0.1, -0.05) is 5.16 Å². The Balaban J connectivity index is 0.000000317. The number of amides is 1. The minimum absolute atomic E-state index is 0.0823. The highest BCUT2D eigenvalue weighted by Crippen LogP contribution is 2.34. The van der Waals surface area contributed by atoms with E-state index >= 15 is 0 Å². The Morgan fingerprint density at radius 2 is 1.74 bits per heavy atom. The molecular weight excluding hydrogens is 546 g/mol. The number of aromatic nitrogens is 2. The van der Waals surface area contributed by atoms with Crippen molar-refractivity contribution in [3.63, 3.8) is 0 Å². The number of aryl methyl sites for hydroxylation is 1. The van der Waals surface area contributed by atoms with Crippen molar-refractivity contribution in [2.24, 2.45) is 5.92 Å². The number of nitrogens with one attached hydrogen (secondary N) is 1. The fourth-order valence-electron chi connectivity index (χ4n) is 3.69. The summed E-state index contributed by atoms with van der Waals surface area (Å²) in [5.41, 5.74) is 1.65. The molecule has 0 radical (unpaired) electrons. The van der Waals surface area contributed by atoms with Crippen molar-refractivity contribution >= 4 is 23.5 Å². The molecule has 2 aliphatic heterocycles. The Morgan fingerprint density at radius 3 is 2.23 bits per heavy atom. The summed E-state index contributed by atoms with van der Waals surface area (Å²) in [4.78, 5) is 36.6. The Hall–Kier alpha value is -3.73. The van der Waals surface area contributed by atoms with Crippen LogP contribution in [0.2, 0.25) is 0 Å². The molecule has 0 bridgehead atoms. The molecule has 216 valence electrons. The van der Waals surface area contributed by atoms with Crippen LogP contribution in [0.4, 0.5) is 32.0 Å². The van der Waals surface area contributed by atoms with Crippen LogP contribution in [0.1, 0.15) is 24.3 Å². The number of carboxylic acid groups (broad SMARTS) is 2. The van der Waals surface area contributed by atoms with Gasteiger partial charge in [-0.15, -0.1) is 0 Å². The summed E-state index contributed by atoms with van der Waals surface area (Å²) >= 11 is 0. The van der Waals surface area contributed by atoms with Gasteiger partial charge >= 0.3 is 24.3 Å². The van der Waals surface area contributed by atoms with Gasteiger partial charge in [0.25, 0.3) is 5.91 Å². The molecule has 0 aromatic carbocycles. The minimum Gasteiger partial charge on any atom is -0.475 e. The maximum atomic E-state index is 12.4. The van der Waals surface area contributed by atoms with Crippen LogP contribution in [0.25, 0.3) is 0 Å². The highest BCUT2D eigenvalue weighted by molar-refractivity contribution is 5.94. The summed E-state index contributed by atoms with van der Waals surface area (Å²) in [5.74, 6) is -4.32. The maximum absolute atomic E-state index is 12.4. The lowest BCUT2D eigenvalue weighted by atomic mass is 9.91. The second-order valence-corrected chi connectivity index (χ2v) is 8.45. The fourth-order valence-corrected chi connectivity index (χ4v) is 3.69. The molecule has 3 N–H and O–H groups in total. The van der Waals surface area contributed by atoms with Crippen molar-refractivity contribution in [3.8, 4) is 0 Å². The molecule has 0 saturated carbocycles. The van der Waals surface area contributed by atoms with E-state index in [1.54, 1.807) is 18.5 Å². The van der Waals surface area contributed by atoms with E-state index in [2.05, 4.69) is 20.4 Å². The van der Waals surface area contributed by atoms with Gasteiger partial charge in [0, 0.05) is 25.4 Å². The number of anilines is 1. The average molecular weight is 570 g/mol. The lowest BCUT2D eigenvalue weighted by Gasteiger charge is -2.33. The average Bonchev–Trinajstić information content (AvgIpc) is 3.45. The van der Waals surface area contributed by atoms with Crippen molar-refractivity contribution < 1.29 is 60.2 Å². The van der Waals surface area contributed by atoms with E-state index in [0.717, 1.165) is 43.9 Å². The number of aliphatic carboxylic acids is 2. The topological polar surface area (TPSA) is 155 Å². The normalized spacial score (nSPS) is 20.9. The molecule has 4 rings (SSSR count). The molecule has 2 aromatic heterocycles. The Morgan fingerprint density at radius 1 is 1.13 bits per heavy atom. The predicted molar refractivity (Wildman–Crippen MR) is 118 cm³/mol. The summed E-state index contributed by atoms with van der Waals surface area (Å²) in [7, 11) is 0. The molecular formula is C22H24F6N4O7. The summed E-state index contributed by atoms with van der Waals surface area (Å²) in [6.45, 7) is 4.48. The zero-order valence-corrected chi connectivity index (χ0v) is 20.2. The quantitative estimate of drug-likeness (QED) is 0.467. The van der Waals surface area contributed by atoms with E-state index in [-0.39, 0.29) is 18.1 Å². The zero-order chi connectivity index (χ0) is 29.4. The largest absolute Gasteiger partial charge is 0.490 e. The van der Waals surface area contributed by atoms with Gasteiger partial charge in [0.1, 0.15) is 11.9 Å². The van der Waals surface area contributed by atoms with Gasteiger partial charge < -0.3 is 24.8 Å². The van der Waals surface area contributed by atoms with Crippen LogP contribution in [0.15, 0.2) is 35.1 Å². The van der Waals surface area contributed by atoms with Crippen LogP contribution in [0, 0.1) is 12.8 Å². The number of fused-ring (bicyclic) bond motifs is 1. The van der Waals surface area contributed by atoms with Crippen molar-refractivity contribution in [1.82, 2.24) is 15.0 Å². The van der Waals surface area contributed by atoms with Gasteiger partial charge in [-0.05, 0) is 44.4 Å². The molecule has 0 unspecified atom stereocenters. The number of carbonyl (C=O) groups excluding carboxylic acids is 1. The monoisotopic (exact) mass is 570 g/mol. The van der Waals surface area contributed by atoms with Gasteiger partial charge in [0.15, 0.2) is 0 Å². The number of hydrogen-bond donors (Lipinski definition) is 3. The Bertz CT molecular complexity index is 1090. The maximum Gasteiger partial charge on any atom is 0.490 e. The molecule has 0 aliphatic carbocycles. The van der Waals surface area contributed by atoms with Crippen LogP contribution in [0.5, 0.6) is 0 Å². The first-order chi connectivity index (χ1) is 18.1. The highest BCUT2D eigenvalue weighted by Gasteiger charge is 2.42. The van der Waals surface area contributed by atoms with Gasteiger partial charge in [0.2, 0.25) is 0 Å². The van der Waals surface area contributed by atoms with Crippen molar-refractivity contribution in [3.05, 3.63) is 42.0 Å². The van der Waals surface area contributed by atoms with E-state index in [4.69, 9.17) is 29.1 Å². The number of alkyl halides is 6. The number of rotatable bonds is 4. The number of carboxylic acids is 2. The van der Waals surface area contributed by atoms with Gasteiger partial charge in [-0.25, -0.2) is 9.59 Å². The predicted octanol–water partition coefficient (Wildman–Crippen LogP) is 3.26. The third-order valence-electron chi connectivity index (χ3n) is 5.40. The number of likely N-dealkylation sites (tertiary alicyclic amines) is 1. The van der Waals surface area contributed by atoms with E-state index in [1.165, 1.54) is 0 Å². The summed E-state index contributed by atoms with van der Waals surface area (Å²) in [5, 5.41) is 21.2. The molecule has 2 aromatic rings. The standard InChI is InChI=1S/C18H22N4O3.2C2HF3O2/c1-12-7-15(21-25-12)10-22-6-4-13-8-16(24-17(13)11-22)18(23)20-14-3-2-5-19-9-14;2*3-2(4,5)1(6)7/h2-3,5,7,9,13,16-17H,4,6,8,10-11H2,1H3,(H,20,23);2*(H,6,7)/t13-,16+,17-;;/m0../s1. The smallest absolute Gasteiger partial charge is 0.475 e. The molecule has 2 fully saturated rings. The Labute approximate surface area is 216 Å². The second-order valence-electron chi connectivity index (χ2n) is 8.45. The molecule has 17 heteroatoms. The zero-order valence-electron chi connectivity index (χ0n) is 20.2. The van der Waals surface area contributed by atoms with Gasteiger partial charge in [-0.3, -0.25) is 14.7 Å². The van der Waals surface area contributed by atoms with Crippen LogP contribution in [-0.4, -0.2) is 80.7 Å². The molecule has 2 aliphatic rings. The molecule has 0 spiro atoms. The summed E-state index contributed by atoms with van der Waals surface area (Å²) in [6, 6.07) is 5.59. The first-order valence-electron chi connectivity index (χ1n) is 11.2. The molecule has 39 heavy (non-hydrogen) atoms. The minimum atomic E-state index is -5.08. The van der Waals surface area contributed by atoms with Crippen LogP contribution < -0.4 is 5.32 Å². The van der Waals surface area contributed by atoms with Crippen LogP contribution >= 0.6 is 0 Å².